The number of rotatable bonds is 4. The van der Waals surface area contributed by atoms with Crippen LogP contribution in [0.4, 0.5) is 25.2 Å². The quantitative estimate of drug-likeness (QED) is 0.531. The second-order valence-corrected chi connectivity index (χ2v) is 9.39. The average Bonchev–Trinajstić information content (AvgIpc) is 2.78. The van der Waals surface area contributed by atoms with E-state index in [9.17, 15) is 13.6 Å². The zero-order chi connectivity index (χ0) is 24.5. The summed E-state index contributed by atoms with van der Waals surface area (Å²) in [5.41, 5.74) is 0.701. The van der Waals surface area contributed by atoms with Crippen LogP contribution < -0.4 is 10.6 Å². The molecule has 1 fully saturated rings. The topological polar surface area (TPSA) is 79.4 Å². The summed E-state index contributed by atoms with van der Waals surface area (Å²) in [6, 6.07) is 7.80. The Balaban J connectivity index is 1.45. The van der Waals surface area contributed by atoms with Gasteiger partial charge in [-0.15, -0.1) is 0 Å². The minimum atomic E-state index is -0.640. The van der Waals surface area contributed by atoms with Crippen molar-refractivity contribution in [2.75, 3.05) is 30.8 Å². The van der Waals surface area contributed by atoms with Crippen LogP contribution in [0, 0.1) is 11.6 Å². The van der Waals surface area contributed by atoms with E-state index in [1.165, 1.54) is 12.1 Å². The van der Waals surface area contributed by atoms with Gasteiger partial charge in [0.2, 0.25) is 5.95 Å². The van der Waals surface area contributed by atoms with Crippen molar-refractivity contribution in [2.24, 2.45) is 0 Å². The summed E-state index contributed by atoms with van der Waals surface area (Å²) in [5, 5.41) is 6.74. The molecule has 180 valence electrons. The number of anilines is 2. The molecule has 2 aromatic carbocycles. The summed E-state index contributed by atoms with van der Waals surface area (Å²) < 4.78 is 34.6. The lowest BCUT2D eigenvalue weighted by Crippen LogP contribution is -2.44. The SMILES string of the molecule is CNc1ccc(F)c(-c2ccc3nc(NC4CCN(C(=O)OC(C)(C)C)CC4)ncc3c2)c1F. The molecule has 0 aliphatic carbocycles. The Morgan fingerprint density at radius 2 is 1.88 bits per heavy atom. The summed E-state index contributed by atoms with van der Waals surface area (Å²) in [6.07, 6.45) is 2.85. The van der Waals surface area contributed by atoms with Gasteiger partial charge in [0.15, 0.2) is 5.82 Å². The Hall–Kier alpha value is -3.49. The van der Waals surface area contributed by atoms with E-state index in [1.54, 1.807) is 36.3 Å². The first-order valence-electron chi connectivity index (χ1n) is 11.3. The molecule has 9 heteroatoms. The number of carbonyl (C=O) groups excluding carboxylic acids is 1. The molecule has 1 aromatic heterocycles. The summed E-state index contributed by atoms with van der Waals surface area (Å²) in [7, 11) is 1.59. The van der Waals surface area contributed by atoms with Crippen LogP contribution in [-0.2, 0) is 4.74 Å². The Bertz CT molecular complexity index is 1200. The Kier molecular flexibility index (Phi) is 6.54. The fourth-order valence-electron chi connectivity index (χ4n) is 3.98. The summed E-state index contributed by atoms with van der Waals surface area (Å²) in [6.45, 7) is 6.74. The van der Waals surface area contributed by atoms with Crippen LogP contribution >= 0.6 is 0 Å². The minimum Gasteiger partial charge on any atom is -0.444 e. The molecule has 3 aromatic rings. The molecule has 4 rings (SSSR count). The van der Waals surface area contributed by atoms with E-state index >= 15 is 0 Å². The molecule has 7 nitrogen and oxygen atoms in total. The molecule has 1 saturated heterocycles. The largest absolute Gasteiger partial charge is 0.444 e. The van der Waals surface area contributed by atoms with E-state index in [0.29, 0.717) is 35.5 Å². The van der Waals surface area contributed by atoms with Gasteiger partial charge < -0.3 is 20.3 Å². The number of amides is 1. The number of piperidine rings is 1. The number of benzene rings is 2. The van der Waals surface area contributed by atoms with Gasteiger partial charge in [-0.05, 0) is 63.4 Å². The first-order chi connectivity index (χ1) is 16.1. The van der Waals surface area contributed by atoms with Crippen LogP contribution in [-0.4, -0.2) is 52.7 Å². The van der Waals surface area contributed by atoms with Gasteiger partial charge >= 0.3 is 6.09 Å². The number of halogens is 2. The van der Waals surface area contributed by atoms with Gasteiger partial charge in [-0.2, -0.15) is 0 Å². The number of hydrogen-bond acceptors (Lipinski definition) is 6. The molecule has 0 spiro atoms. The maximum atomic E-state index is 14.7. The van der Waals surface area contributed by atoms with Crippen molar-refractivity contribution in [3.8, 4) is 11.1 Å². The summed E-state index contributed by atoms with van der Waals surface area (Å²) >= 11 is 0. The number of ether oxygens (including phenoxy) is 1. The molecule has 0 atom stereocenters. The lowest BCUT2D eigenvalue weighted by atomic mass is 10.0. The highest BCUT2D eigenvalue weighted by molar-refractivity contribution is 5.85. The number of likely N-dealkylation sites (tertiary alicyclic amines) is 1. The lowest BCUT2D eigenvalue weighted by Gasteiger charge is -2.33. The Labute approximate surface area is 197 Å². The molecule has 1 amide bonds. The molecule has 0 unspecified atom stereocenters. The van der Waals surface area contributed by atoms with E-state index in [4.69, 9.17) is 4.74 Å². The van der Waals surface area contributed by atoms with Crippen LogP contribution in [0.15, 0.2) is 36.5 Å². The molecule has 0 radical (unpaired) electrons. The van der Waals surface area contributed by atoms with Crippen molar-refractivity contribution >= 4 is 28.6 Å². The van der Waals surface area contributed by atoms with Gasteiger partial charge in [0.05, 0.1) is 16.8 Å². The van der Waals surface area contributed by atoms with Gasteiger partial charge in [-0.1, -0.05) is 6.07 Å². The minimum absolute atomic E-state index is 0.0901. The van der Waals surface area contributed by atoms with E-state index in [2.05, 4.69) is 20.6 Å². The highest BCUT2D eigenvalue weighted by Gasteiger charge is 2.27. The Morgan fingerprint density at radius 1 is 1.15 bits per heavy atom. The third-order valence-electron chi connectivity index (χ3n) is 5.71. The van der Waals surface area contributed by atoms with E-state index in [0.717, 1.165) is 12.8 Å². The maximum Gasteiger partial charge on any atom is 0.410 e. The number of nitrogens with zero attached hydrogens (tertiary/aromatic N) is 3. The second-order valence-electron chi connectivity index (χ2n) is 9.39. The Morgan fingerprint density at radius 3 is 2.56 bits per heavy atom. The molecule has 1 aliphatic rings. The molecule has 2 N–H and O–H groups in total. The first-order valence-corrected chi connectivity index (χ1v) is 11.3. The highest BCUT2D eigenvalue weighted by Crippen LogP contribution is 2.32. The van der Waals surface area contributed by atoms with Crippen molar-refractivity contribution in [3.05, 3.63) is 48.2 Å². The molecule has 34 heavy (non-hydrogen) atoms. The smallest absolute Gasteiger partial charge is 0.410 e. The zero-order valence-corrected chi connectivity index (χ0v) is 19.8. The number of carbonyl (C=O) groups is 1. The van der Waals surface area contributed by atoms with Gasteiger partial charge in [0, 0.05) is 37.8 Å². The van der Waals surface area contributed by atoms with Gasteiger partial charge in [-0.3, -0.25) is 0 Å². The predicted molar refractivity (Wildman–Crippen MR) is 129 cm³/mol. The van der Waals surface area contributed by atoms with Crippen LogP contribution in [0.5, 0.6) is 0 Å². The second kappa shape index (κ2) is 9.40. The molecule has 1 aliphatic heterocycles. The number of fused-ring (bicyclic) bond motifs is 1. The van der Waals surface area contributed by atoms with Crippen LogP contribution in [0.3, 0.4) is 0 Å². The molecule has 0 bridgehead atoms. The third-order valence-corrected chi connectivity index (χ3v) is 5.71. The van der Waals surface area contributed by atoms with Crippen molar-refractivity contribution < 1.29 is 18.3 Å². The number of hydrogen-bond donors (Lipinski definition) is 2. The van der Waals surface area contributed by atoms with Crippen molar-refractivity contribution in [1.82, 2.24) is 14.9 Å². The number of nitrogens with one attached hydrogen (secondary N) is 2. The van der Waals surface area contributed by atoms with Crippen LogP contribution in [0.25, 0.3) is 22.0 Å². The van der Waals surface area contributed by atoms with E-state index in [1.807, 2.05) is 20.8 Å². The zero-order valence-electron chi connectivity index (χ0n) is 19.8. The molecule has 2 heterocycles. The van der Waals surface area contributed by atoms with Gasteiger partial charge in [-0.25, -0.2) is 23.5 Å². The van der Waals surface area contributed by atoms with Crippen LogP contribution in [0.1, 0.15) is 33.6 Å². The standard InChI is InChI=1S/C25H29F2N5O2/c1-25(2,3)34-24(33)32-11-9-17(10-12-32)30-23-29-14-16-13-15(5-7-19(16)31-23)21-18(26)6-8-20(28-4)22(21)27/h5-8,13-14,17,28H,9-12H2,1-4H3,(H,29,30,31). The molecular formula is C25H29F2N5O2. The highest BCUT2D eigenvalue weighted by atomic mass is 19.1. The summed E-state index contributed by atoms with van der Waals surface area (Å²) in [4.78, 5) is 22.9. The normalized spacial score (nSPS) is 14.8. The van der Waals surface area contributed by atoms with E-state index in [-0.39, 0.29) is 23.4 Å². The van der Waals surface area contributed by atoms with Crippen molar-refractivity contribution in [1.29, 1.82) is 0 Å². The van der Waals surface area contributed by atoms with Crippen molar-refractivity contribution in [3.63, 3.8) is 0 Å². The fraction of sp³-hybridized carbons (Fsp3) is 0.400. The van der Waals surface area contributed by atoms with Crippen molar-refractivity contribution in [2.45, 2.75) is 45.3 Å². The number of aromatic nitrogens is 2. The predicted octanol–water partition coefficient (Wildman–Crippen LogP) is 5.43. The molecule has 0 saturated carbocycles. The van der Waals surface area contributed by atoms with Gasteiger partial charge in [0.1, 0.15) is 11.4 Å². The third kappa shape index (κ3) is 5.18. The monoisotopic (exact) mass is 469 g/mol. The van der Waals surface area contributed by atoms with Crippen LogP contribution in [0.2, 0.25) is 0 Å². The lowest BCUT2D eigenvalue weighted by molar-refractivity contribution is 0.0210. The average molecular weight is 470 g/mol. The van der Waals surface area contributed by atoms with Gasteiger partial charge in [0.25, 0.3) is 0 Å². The molecular weight excluding hydrogens is 440 g/mol. The fourth-order valence-corrected chi connectivity index (χ4v) is 3.98. The maximum absolute atomic E-state index is 14.7. The first kappa shape index (κ1) is 23.7. The van der Waals surface area contributed by atoms with E-state index < -0.39 is 17.2 Å². The summed E-state index contributed by atoms with van der Waals surface area (Å²) in [5.74, 6) is -0.794.